The van der Waals surface area contributed by atoms with Gasteiger partial charge in [0.2, 0.25) is 5.91 Å². The molecule has 0 spiro atoms. The molecule has 0 aromatic heterocycles. The van der Waals surface area contributed by atoms with Gasteiger partial charge in [-0.15, -0.1) is 0 Å². The Morgan fingerprint density at radius 2 is 2.08 bits per heavy atom. The lowest BCUT2D eigenvalue weighted by Crippen LogP contribution is -2.44. The van der Waals surface area contributed by atoms with Crippen LogP contribution >= 0.6 is 15.9 Å². The number of allylic oxidation sites excluding steroid dienone is 1. The molecule has 1 aliphatic heterocycles. The molecule has 0 saturated carbocycles. The van der Waals surface area contributed by atoms with Crippen molar-refractivity contribution in [3.05, 3.63) is 39.9 Å². The molecule has 0 atom stereocenters. The minimum atomic E-state index is 0.148. The topological polar surface area (TPSA) is 41.6 Å². The Balaban J connectivity index is 1.71. The third-order valence-corrected chi connectivity index (χ3v) is 5.19. The Hall–Kier alpha value is -1.33. The number of aryl methyl sites for hydroxylation is 1. The molecule has 1 heterocycles. The number of likely N-dealkylation sites (tertiary alicyclic amines) is 1. The number of nitrogens with one attached hydrogen (secondary N) is 1. The van der Waals surface area contributed by atoms with Crippen LogP contribution in [0.3, 0.4) is 0 Å². The number of halogens is 1. The van der Waals surface area contributed by atoms with Crippen molar-refractivity contribution >= 4 is 21.8 Å². The molecule has 0 bridgehead atoms. The SMILES string of the molecule is COc1ccc(CCC(=O)NC2CCN(CC=C(C)C)CC2)cc1Br. The van der Waals surface area contributed by atoms with Crippen LogP contribution in [0.1, 0.15) is 38.7 Å². The van der Waals surface area contributed by atoms with Gasteiger partial charge in [0.05, 0.1) is 11.6 Å². The maximum Gasteiger partial charge on any atom is 0.220 e. The van der Waals surface area contributed by atoms with Crippen LogP contribution in [-0.4, -0.2) is 43.6 Å². The Labute approximate surface area is 159 Å². The van der Waals surface area contributed by atoms with E-state index in [9.17, 15) is 4.79 Å². The number of rotatable bonds is 7. The van der Waals surface area contributed by atoms with E-state index in [1.807, 2.05) is 18.2 Å². The average Bonchev–Trinajstić information content (AvgIpc) is 2.59. The normalized spacial score (nSPS) is 15.7. The Bertz CT molecular complexity index is 604. The third-order valence-electron chi connectivity index (χ3n) is 4.57. The van der Waals surface area contributed by atoms with E-state index >= 15 is 0 Å². The third kappa shape index (κ3) is 6.83. The number of hydrogen-bond donors (Lipinski definition) is 1. The van der Waals surface area contributed by atoms with Crippen molar-refractivity contribution < 1.29 is 9.53 Å². The highest BCUT2D eigenvalue weighted by Crippen LogP contribution is 2.26. The molecule has 0 unspecified atom stereocenters. The van der Waals surface area contributed by atoms with E-state index in [1.54, 1.807) is 7.11 Å². The fourth-order valence-corrected chi connectivity index (χ4v) is 3.58. The summed E-state index contributed by atoms with van der Waals surface area (Å²) in [6, 6.07) is 6.28. The summed E-state index contributed by atoms with van der Waals surface area (Å²) < 4.78 is 6.16. The first-order chi connectivity index (χ1) is 12.0. The molecular weight excluding hydrogens is 380 g/mol. The Kier molecular flexibility index (Phi) is 7.97. The second kappa shape index (κ2) is 9.97. The number of hydrogen-bond acceptors (Lipinski definition) is 3. The molecule has 25 heavy (non-hydrogen) atoms. The molecule has 1 amide bonds. The van der Waals surface area contributed by atoms with Crippen molar-refractivity contribution in [2.24, 2.45) is 0 Å². The van der Waals surface area contributed by atoms with Crippen molar-refractivity contribution in [3.8, 4) is 5.75 Å². The summed E-state index contributed by atoms with van der Waals surface area (Å²) >= 11 is 3.49. The zero-order valence-electron chi connectivity index (χ0n) is 15.5. The molecule has 1 saturated heterocycles. The first-order valence-corrected chi connectivity index (χ1v) is 9.74. The van der Waals surface area contributed by atoms with Crippen molar-refractivity contribution in [3.63, 3.8) is 0 Å². The van der Waals surface area contributed by atoms with Crippen LogP contribution in [0.2, 0.25) is 0 Å². The summed E-state index contributed by atoms with van der Waals surface area (Å²) in [5, 5.41) is 3.19. The van der Waals surface area contributed by atoms with Crippen LogP contribution in [0.4, 0.5) is 0 Å². The number of carbonyl (C=O) groups is 1. The van der Waals surface area contributed by atoms with Gasteiger partial charge >= 0.3 is 0 Å². The molecule has 1 N–H and O–H groups in total. The van der Waals surface area contributed by atoms with Gasteiger partial charge < -0.3 is 10.1 Å². The fraction of sp³-hybridized carbons (Fsp3) is 0.550. The molecule has 138 valence electrons. The average molecular weight is 409 g/mol. The number of piperidine rings is 1. The number of ether oxygens (including phenoxy) is 1. The van der Waals surface area contributed by atoms with Crippen molar-refractivity contribution in [2.45, 2.75) is 45.6 Å². The summed E-state index contributed by atoms with van der Waals surface area (Å²) in [6.45, 7) is 7.40. The lowest BCUT2D eigenvalue weighted by molar-refractivity contribution is -0.122. The van der Waals surface area contributed by atoms with Gasteiger partial charge in [-0.25, -0.2) is 0 Å². The molecule has 0 radical (unpaired) electrons. The number of methoxy groups -OCH3 is 1. The number of carbonyl (C=O) groups excluding carboxylic acids is 1. The first-order valence-electron chi connectivity index (χ1n) is 8.95. The van der Waals surface area contributed by atoms with Crippen LogP contribution in [0.15, 0.2) is 34.3 Å². The smallest absolute Gasteiger partial charge is 0.220 e. The highest BCUT2D eigenvalue weighted by Gasteiger charge is 2.19. The molecule has 1 aromatic carbocycles. The van der Waals surface area contributed by atoms with Crippen molar-refractivity contribution in [1.29, 1.82) is 0 Å². The van der Waals surface area contributed by atoms with Gasteiger partial charge in [0.25, 0.3) is 0 Å². The molecule has 0 aliphatic carbocycles. The number of nitrogens with zero attached hydrogens (tertiary/aromatic N) is 1. The van der Waals surface area contributed by atoms with E-state index in [2.05, 4.69) is 46.1 Å². The van der Waals surface area contributed by atoms with Crippen LogP contribution in [0, 0.1) is 0 Å². The zero-order chi connectivity index (χ0) is 18.2. The molecule has 1 fully saturated rings. The number of amides is 1. The van der Waals surface area contributed by atoms with Gasteiger partial charge in [0.1, 0.15) is 5.75 Å². The largest absolute Gasteiger partial charge is 0.496 e. The molecular formula is C20H29BrN2O2. The molecule has 4 nitrogen and oxygen atoms in total. The molecule has 1 aromatic rings. The van der Waals surface area contributed by atoms with Gasteiger partial charge in [-0.2, -0.15) is 0 Å². The maximum atomic E-state index is 12.2. The highest BCUT2D eigenvalue weighted by atomic mass is 79.9. The van der Waals surface area contributed by atoms with E-state index in [-0.39, 0.29) is 5.91 Å². The summed E-state index contributed by atoms with van der Waals surface area (Å²) in [5.74, 6) is 0.961. The summed E-state index contributed by atoms with van der Waals surface area (Å²) in [4.78, 5) is 14.7. The Morgan fingerprint density at radius 3 is 2.68 bits per heavy atom. The van der Waals surface area contributed by atoms with E-state index < -0.39 is 0 Å². The standard InChI is InChI=1S/C20H29BrN2O2/c1-15(2)8-11-23-12-9-17(10-13-23)22-20(24)7-5-16-4-6-19(25-3)18(21)14-16/h4,6,8,14,17H,5,7,9-13H2,1-3H3,(H,22,24). The molecule has 2 rings (SSSR count). The zero-order valence-corrected chi connectivity index (χ0v) is 17.1. The van der Waals surface area contributed by atoms with Gasteiger partial charge in [-0.05, 0) is 66.7 Å². The summed E-state index contributed by atoms with van der Waals surface area (Å²) in [5.41, 5.74) is 2.50. The summed E-state index contributed by atoms with van der Waals surface area (Å²) in [6.07, 6.45) is 5.61. The monoisotopic (exact) mass is 408 g/mol. The summed E-state index contributed by atoms with van der Waals surface area (Å²) in [7, 11) is 1.65. The van der Waals surface area contributed by atoms with E-state index in [0.29, 0.717) is 12.5 Å². The van der Waals surface area contributed by atoms with E-state index in [1.165, 1.54) is 5.57 Å². The lowest BCUT2D eigenvalue weighted by atomic mass is 10.0. The highest BCUT2D eigenvalue weighted by molar-refractivity contribution is 9.10. The van der Waals surface area contributed by atoms with Crippen LogP contribution < -0.4 is 10.1 Å². The molecule has 1 aliphatic rings. The molecule has 5 heteroatoms. The minimum Gasteiger partial charge on any atom is -0.496 e. The second-order valence-electron chi connectivity index (χ2n) is 6.89. The lowest BCUT2D eigenvalue weighted by Gasteiger charge is -2.31. The van der Waals surface area contributed by atoms with Gasteiger partial charge in [0.15, 0.2) is 0 Å². The van der Waals surface area contributed by atoms with E-state index in [4.69, 9.17) is 4.74 Å². The van der Waals surface area contributed by atoms with Gasteiger partial charge in [-0.1, -0.05) is 17.7 Å². The van der Waals surface area contributed by atoms with Crippen molar-refractivity contribution in [1.82, 2.24) is 10.2 Å². The van der Waals surface area contributed by atoms with E-state index in [0.717, 1.165) is 54.7 Å². The first kappa shape index (κ1) is 20.0. The predicted molar refractivity (Wildman–Crippen MR) is 106 cm³/mol. The van der Waals surface area contributed by atoms with Gasteiger partial charge in [-0.3, -0.25) is 9.69 Å². The second-order valence-corrected chi connectivity index (χ2v) is 7.75. The fourth-order valence-electron chi connectivity index (χ4n) is 2.99. The van der Waals surface area contributed by atoms with Gasteiger partial charge in [0, 0.05) is 32.1 Å². The Morgan fingerprint density at radius 1 is 1.36 bits per heavy atom. The van der Waals surface area contributed by atoms with Crippen LogP contribution in [0.25, 0.3) is 0 Å². The quantitative estimate of drug-likeness (QED) is 0.694. The van der Waals surface area contributed by atoms with Crippen molar-refractivity contribution in [2.75, 3.05) is 26.7 Å². The van der Waals surface area contributed by atoms with Crippen LogP contribution in [-0.2, 0) is 11.2 Å². The van der Waals surface area contributed by atoms with Crippen LogP contribution in [0.5, 0.6) is 5.75 Å². The number of benzene rings is 1. The predicted octanol–water partition coefficient (Wildman–Crippen LogP) is 3.94. The minimum absolute atomic E-state index is 0.148. The maximum absolute atomic E-state index is 12.2.